The molecule has 2 atom stereocenters. The number of aliphatic hydroxyl groups is 1. The number of amides is 1. The van der Waals surface area contributed by atoms with Gasteiger partial charge in [0.1, 0.15) is 18.1 Å². The van der Waals surface area contributed by atoms with E-state index in [1.54, 1.807) is 12.2 Å². The van der Waals surface area contributed by atoms with Crippen molar-refractivity contribution in [2.45, 2.75) is 45.3 Å². The minimum atomic E-state index is -0.961. The van der Waals surface area contributed by atoms with Crippen LogP contribution < -0.4 is 14.9 Å². The first kappa shape index (κ1) is 27.1. The van der Waals surface area contributed by atoms with Gasteiger partial charge in [0.15, 0.2) is 6.29 Å². The van der Waals surface area contributed by atoms with Crippen LogP contribution in [0.15, 0.2) is 54.6 Å². The minimum Gasteiger partial charge on any atom is -0.497 e. The molecule has 0 aliphatic rings. The number of hydrogen-bond acceptors (Lipinski definition) is 7. The Bertz CT molecular complexity index is 842. The fourth-order valence-corrected chi connectivity index (χ4v) is 3.56. The van der Waals surface area contributed by atoms with E-state index >= 15 is 0 Å². The van der Waals surface area contributed by atoms with Gasteiger partial charge >= 0.3 is 6.09 Å². The van der Waals surface area contributed by atoms with Crippen molar-refractivity contribution >= 4 is 12.4 Å². The van der Waals surface area contributed by atoms with E-state index in [1.165, 1.54) is 0 Å². The highest BCUT2D eigenvalue weighted by atomic mass is 16.7. The molecule has 2 N–H and O–H groups in total. The van der Waals surface area contributed by atoms with Gasteiger partial charge in [0.05, 0.1) is 25.8 Å². The quantitative estimate of drug-likeness (QED) is 0.302. The molecule has 0 fully saturated rings. The first-order valence-corrected chi connectivity index (χ1v) is 11.6. The van der Waals surface area contributed by atoms with Crippen molar-refractivity contribution in [2.24, 2.45) is 5.92 Å². The molecule has 1 amide bonds. The van der Waals surface area contributed by atoms with Gasteiger partial charge in [0.2, 0.25) is 0 Å². The van der Waals surface area contributed by atoms with E-state index in [0.717, 1.165) is 24.2 Å². The molecular formula is C26H36N2O6. The summed E-state index contributed by atoms with van der Waals surface area (Å²) < 4.78 is 10.1. The van der Waals surface area contributed by atoms with Gasteiger partial charge in [0, 0.05) is 6.54 Å². The number of carbonyl (C=O) groups is 2. The summed E-state index contributed by atoms with van der Waals surface area (Å²) in [5.41, 5.74) is 0.949. The lowest BCUT2D eigenvalue weighted by molar-refractivity contribution is -0.110. The molecular weight excluding hydrogens is 436 g/mol. The Morgan fingerprint density at radius 3 is 2.26 bits per heavy atom. The Morgan fingerprint density at radius 1 is 1.03 bits per heavy atom. The van der Waals surface area contributed by atoms with Crippen molar-refractivity contribution in [3.05, 3.63) is 60.2 Å². The molecule has 8 nitrogen and oxygen atoms in total. The summed E-state index contributed by atoms with van der Waals surface area (Å²) in [6, 6.07) is 16.1. The number of methoxy groups -OCH3 is 1. The van der Waals surface area contributed by atoms with Crippen molar-refractivity contribution < 1.29 is 29.0 Å². The summed E-state index contributed by atoms with van der Waals surface area (Å²) in [6.45, 7) is 4.68. The molecule has 8 heteroatoms. The van der Waals surface area contributed by atoms with E-state index in [1.807, 2.05) is 54.6 Å². The van der Waals surface area contributed by atoms with Crippen LogP contribution in [0.1, 0.15) is 32.3 Å². The summed E-state index contributed by atoms with van der Waals surface area (Å²) >= 11 is 0. The fraction of sp³-hybridized carbons (Fsp3) is 0.462. The number of alkyl carbamates (subject to hydrolysis) is 1. The molecule has 0 bridgehead atoms. The van der Waals surface area contributed by atoms with Gasteiger partial charge in [-0.05, 0) is 42.2 Å². The molecule has 2 aromatic rings. The summed E-state index contributed by atoms with van der Waals surface area (Å²) in [7, 11) is 1.60. The highest BCUT2D eigenvalue weighted by Gasteiger charge is 2.26. The van der Waals surface area contributed by atoms with Crippen LogP contribution in [0.3, 0.4) is 0 Å². The van der Waals surface area contributed by atoms with Crippen molar-refractivity contribution in [3.63, 3.8) is 0 Å². The maximum atomic E-state index is 12.2. The Balaban J connectivity index is 2.17. The van der Waals surface area contributed by atoms with Crippen molar-refractivity contribution in [1.82, 2.24) is 10.4 Å². The SMILES string of the molecule is CCC(CC)CN(CC(O)C(Cc1ccccc1)NC(=O)OCC=O)Oc1ccc(OC)cc1. The number of nitrogens with one attached hydrogen (secondary N) is 1. The van der Waals surface area contributed by atoms with E-state index in [2.05, 4.69) is 19.2 Å². The summed E-state index contributed by atoms with van der Waals surface area (Å²) in [6.07, 6.45) is 1.12. The number of benzene rings is 2. The van der Waals surface area contributed by atoms with E-state index in [9.17, 15) is 14.7 Å². The fourth-order valence-electron chi connectivity index (χ4n) is 3.56. The zero-order valence-corrected chi connectivity index (χ0v) is 20.2. The number of nitrogens with zero attached hydrogens (tertiary/aromatic N) is 1. The van der Waals surface area contributed by atoms with Gasteiger partial charge in [-0.3, -0.25) is 4.79 Å². The first-order chi connectivity index (χ1) is 16.5. The van der Waals surface area contributed by atoms with Gasteiger partial charge in [-0.2, -0.15) is 0 Å². The predicted molar refractivity (Wildman–Crippen MR) is 130 cm³/mol. The third kappa shape index (κ3) is 9.41. The zero-order valence-electron chi connectivity index (χ0n) is 20.2. The average Bonchev–Trinajstić information content (AvgIpc) is 2.86. The molecule has 0 heterocycles. The van der Waals surface area contributed by atoms with Crippen molar-refractivity contribution in [3.8, 4) is 11.5 Å². The van der Waals surface area contributed by atoms with Crippen molar-refractivity contribution in [1.29, 1.82) is 0 Å². The number of aldehydes is 1. The van der Waals surface area contributed by atoms with Gasteiger partial charge in [-0.1, -0.05) is 57.0 Å². The third-order valence-corrected chi connectivity index (χ3v) is 5.65. The van der Waals surface area contributed by atoms with Gasteiger partial charge in [0.25, 0.3) is 0 Å². The molecule has 0 aliphatic heterocycles. The maximum absolute atomic E-state index is 12.2. The second kappa shape index (κ2) is 14.9. The van der Waals surface area contributed by atoms with Crippen LogP contribution in [0.2, 0.25) is 0 Å². The number of hydrogen-bond donors (Lipinski definition) is 2. The smallest absolute Gasteiger partial charge is 0.407 e. The lowest BCUT2D eigenvalue weighted by atomic mass is 10.00. The second-order valence-electron chi connectivity index (χ2n) is 8.07. The molecule has 2 unspecified atom stereocenters. The Kier molecular flexibility index (Phi) is 11.9. The van der Waals surface area contributed by atoms with E-state index in [0.29, 0.717) is 30.9 Å². The minimum absolute atomic E-state index is 0.161. The van der Waals surface area contributed by atoms with Gasteiger partial charge in [-0.25, -0.2) is 4.79 Å². The number of rotatable bonds is 15. The number of ether oxygens (including phenoxy) is 2. The molecule has 0 aliphatic carbocycles. The number of hydroxylamine groups is 2. The second-order valence-corrected chi connectivity index (χ2v) is 8.07. The van der Waals surface area contributed by atoms with E-state index in [-0.39, 0.29) is 13.2 Å². The Labute approximate surface area is 201 Å². The molecule has 186 valence electrons. The van der Waals surface area contributed by atoms with Crippen LogP contribution in [0.25, 0.3) is 0 Å². The molecule has 0 radical (unpaired) electrons. The lowest BCUT2D eigenvalue weighted by Crippen LogP contribution is -2.51. The molecule has 2 rings (SSSR count). The standard InChI is InChI=1S/C26H36N2O6/c1-4-20(5-2)18-28(34-23-13-11-22(32-3)12-14-23)19-25(30)24(27-26(31)33-16-15-29)17-21-9-7-6-8-10-21/h6-15,20,24-25,30H,4-5,16-19H2,1-3H3,(H,27,31). The Hall–Kier alpha value is -3.10. The monoisotopic (exact) mass is 472 g/mol. The summed E-state index contributed by atoms with van der Waals surface area (Å²) in [4.78, 5) is 28.8. The topological polar surface area (TPSA) is 97.3 Å². The molecule has 0 saturated heterocycles. The van der Waals surface area contributed by atoms with E-state index < -0.39 is 18.2 Å². The van der Waals surface area contributed by atoms with Crippen LogP contribution in [0, 0.1) is 5.92 Å². The molecule has 2 aromatic carbocycles. The highest BCUT2D eigenvalue weighted by molar-refractivity contribution is 5.69. The molecule has 0 spiro atoms. The summed E-state index contributed by atoms with van der Waals surface area (Å²) in [5.74, 6) is 1.72. The van der Waals surface area contributed by atoms with Crippen LogP contribution in [-0.4, -0.2) is 61.5 Å². The summed E-state index contributed by atoms with van der Waals surface area (Å²) in [5, 5.41) is 15.6. The van der Waals surface area contributed by atoms with Gasteiger partial charge in [-0.15, -0.1) is 5.06 Å². The Morgan fingerprint density at radius 2 is 1.68 bits per heavy atom. The predicted octanol–water partition coefficient (Wildman–Crippen LogP) is 3.62. The number of aliphatic hydroxyl groups excluding tert-OH is 1. The van der Waals surface area contributed by atoms with Crippen LogP contribution in [0.4, 0.5) is 4.79 Å². The van der Waals surface area contributed by atoms with E-state index in [4.69, 9.17) is 14.3 Å². The first-order valence-electron chi connectivity index (χ1n) is 11.6. The normalized spacial score (nSPS) is 12.8. The maximum Gasteiger partial charge on any atom is 0.407 e. The van der Waals surface area contributed by atoms with Gasteiger partial charge < -0.3 is 24.7 Å². The van der Waals surface area contributed by atoms with Crippen molar-refractivity contribution in [2.75, 3.05) is 26.8 Å². The lowest BCUT2D eigenvalue weighted by Gasteiger charge is -2.31. The highest BCUT2D eigenvalue weighted by Crippen LogP contribution is 2.20. The average molecular weight is 473 g/mol. The third-order valence-electron chi connectivity index (χ3n) is 5.65. The zero-order chi connectivity index (χ0) is 24.8. The van der Waals surface area contributed by atoms with Crippen LogP contribution >= 0.6 is 0 Å². The number of carbonyl (C=O) groups excluding carboxylic acids is 2. The molecule has 0 aromatic heterocycles. The largest absolute Gasteiger partial charge is 0.497 e. The van der Waals surface area contributed by atoms with Crippen LogP contribution in [0.5, 0.6) is 11.5 Å². The molecule has 0 saturated carbocycles. The molecule has 34 heavy (non-hydrogen) atoms. The van der Waals surface area contributed by atoms with Crippen LogP contribution in [-0.2, 0) is 16.0 Å².